The van der Waals surface area contributed by atoms with Crippen LogP contribution in [-0.4, -0.2) is 62.7 Å². The van der Waals surface area contributed by atoms with E-state index in [0.29, 0.717) is 13.4 Å². The third-order valence-corrected chi connectivity index (χ3v) is 5.39. The zero-order valence-electron chi connectivity index (χ0n) is 17.6. The molecule has 32 heavy (non-hydrogen) atoms. The van der Waals surface area contributed by atoms with Gasteiger partial charge in [0.25, 0.3) is 0 Å². The predicted octanol–water partition coefficient (Wildman–Crippen LogP) is 3.19. The lowest BCUT2D eigenvalue weighted by atomic mass is 10.1. The Balaban J connectivity index is 0.00000144. The van der Waals surface area contributed by atoms with Gasteiger partial charge in [0.2, 0.25) is 13.6 Å². The average Bonchev–Trinajstić information content (AvgIpc) is 3.43. The molecular formula is C23H26Cl2N2O5. The average molecular weight is 481 g/mol. The van der Waals surface area contributed by atoms with Gasteiger partial charge in [-0.2, -0.15) is 0 Å². The molecule has 1 fully saturated rings. The van der Waals surface area contributed by atoms with E-state index in [1.165, 1.54) is 5.56 Å². The van der Waals surface area contributed by atoms with Gasteiger partial charge in [0.15, 0.2) is 23.0 Å². The van der Waals surface area contributed by atoms with Gasteiger partial charge in [-0.25, -0.2) is 0 Å². The van der Waals surface area contributed by atoms with Gasteiger partial charge < -0.3 is 23.7 Å². The Labute approximate surface area is 200 Å². The Morgan fingerprint density at radius 3 is 2.09 bits per heavy atom. The maximum Gasteiger partial charge on any atom is 0.231 e. The highest BCUT2D eigenvalue weighted by Gasteiger charge is 2.18. The normalized spacial score (nSPS) is 16.4. The summed E-state index contributed by atoms with van der Waals surface area (Å²) < 4.78 is 27.2. The van der Waals surface area contributed by atoms with E-state index in [1.807, 2.05) is 24.3 Å². The molecule has 3 aliphatic heterocycles. The Hall–Kier alpha value is -2.50. The number of hydrogen-bond acceptors (Lipinski definition) is 7. The quantitative estimate of drug-likeness (QED) is 0.609. The topological polar surface area (TPSA) is 52.6 Å². The monoisotopic (exact) mass is 480 g/mol. The van der Waals surface area contributed by atoms with Crippen molar-refractivity contribution >= 4 is 24.8 Å². The molecule has 0 radical (unpaired) electrons. The van der Waals surface area contributed by atoms with Crippen molar-refractivity contribution in [3.63, 3.8) is 0 Å². The van der Waals surface area contributed by atoms with Crippen molar-refractivity contribution in [2.75, 3.05) is 52.9 Å². The van der Waals surface area contributed by atoms with Crippen LogP contribution in [0.3, 0.4) is 0 Å². The van der Waals surface area contributed by atoms with Crippen LogP contribution < -0.4 is 23.7 Å². The molecular weight excluding hydrogens is 455 g/mol. The molecule has 172 valence electrons. The Kier molecular flexibility index (Phi) is 8.60. The van der Waals surface area contributed by atoms with Crippen molar-refractivity contribution in [2.45, 2.75) is 6.54 Å². The van der Waals surface area contributed by atoms with E-state index in [0.717, 1.165) is 68.0 Å². The highest BCUT2D eigenvalue weighted by atomic mass is 35.5. The fraction of sp³-hybridized carbons (Fsp3) is 0.391. The van der Waals surface area contributed by atoms with Gasteiger partial charge in [-0.15, -0.1) is 24.8 Å². The molecule has 7 nitrogen and oxygen atoms in total. The van der Waals surface area contributed by atoms with Gasteiger partial charge in [-0.1, -0.05) is 17.9 Å². The van der Waals surface area contributed by atoms with Crippen LogP contribution in [0.1, 0.15) is 5.56 Å². The molecule has 5 rings (SSSR count). The number of hydrogen-bond donors (Lipinski definition) is 0. The fourth-order valence-corrected chi connectivity index (χ4v) is 3.71. The van der Waals surface area contributed by atoms with Crippen LogP contribution >= 0.6 is 24.8 Å². The molecule has 0 spiro atoms. The SMILES string of the molecule is C(#CCN1CCN(Cc2ccc3c(c2)OCO3)CC1)COc1ccc2c(c1)OCO2.Cl.Cl. The molecule has 9 heteroatoms. The number of piperazine rings is 1. The molecule has 0 N–H and O–H groups in total. The molecule has 1 saturated heterocycles. The maximum atomic E-state index is 5.68. The van der Waals surface area contributed by atoms with Crippen LogP contribution in [0.25, 0.3) is 0 Å². The summed E-state index contributed by atoms with van der Waals surface area (Å²) in [6, 6.07) is 11.8. The van der Waals surface area contributed by atoms with Crippen LogP contribution in [0.15, 0.2) is 36.4 Å². The van der Waals surface area contributed by atoms with Crippen LogP contribution in [0.2, 0.25) is 0 Å². The Morgan fingerprint density at radius 2 is 1.34 bits per heavy atom. The smallest absolute Gasteiger partial charge is 0.231 e. The van der Waals surface area contributed by atoms with E-state index in [4.69, 9.17) is 23.7 Å². The van der Waals surface area contributed by atoms with E-state index in [1.54, 1.807) is 0 Å². The van der Waals surface area contributed by atoms with Crippen LogP contribution in [0.5, 0.6) is 28.7 Å². The minimum Gasteiger partial charge on any atom is -0.481 e. The van der Waals surface area contributed by atoms with E-state index >= 15 is 0 Å². The highest BCUT2D eigenvalue weighted by molar-refractivity contribution is 5.85. The highest BCUT2D eigenvalue weighted by Crippen LogP contribution is 2.35. The largest absolute Gasteiger partial charge is 0.481 e. The maximum absolute atomic E-state index is 5.68. The van der Waals surface area contributed by atoms with Crippen molar-refractivity contribution in [3.8, 4) is 40.6 Å². The molecule has 0 aromatic heterocycles. The first-order chi connectivity index (χ1) is 14.8. The van der Waals surface area contributed by atoms with Gasteiger partial charge in [-0.3, -0.25) is 9.80 Å². The van der Waals surface area contributed by atoms with E-state index in [2.05, 4.69) is 33.8 Å². The lowest BCUT2D eigenvalue weighted by Crippen LogP contribution is -2.45. The standard InChI is InChI=1S/C23H24N2O5.2ClH/c1(2-12-26-19-4-6-21-23(14-19)30-17-28-21)7-24-8-10-25(11-9-24)15-18-3-5-20-22(13-18)29-16-27-20;;/h3-6,13-14H,7-12,15-17H2;2*1H. The molecule has 3 heterocycles. The summed E-state index contributed by atoms with van der Waals surface area (Å²) in [6.07, 6.45) is 0. The Bertz CT molecular complexity index is 971. The predicted molar refractivity (Wildman–Crippen MR) is 125 cm³/mol. The van der Waals surface area contributed by atoms with Gasteiger partial charge in [0.1, 0.15) is 12.4 Å². The molecule has 0 aliphatic carbocycles. The second kappa shape index (κ2) is 11.4. The second-order valence-electron chi connectivity index (χ2n) is 7.40. The minimum absolute atomic E-state index is 0. The number of ether oxygens (including phenoxy) is 5. The number of nitrogens with zero attached hydrogens (tertiary/aromatic N) is 2. The summed E-state index contributed by atoms with van der Waals surface area (Å²) in [5.74, 6) is 10.2. The summed E-state index contributed by atoms with van der Waals surface area (Å²) in [5, 5.41) is 0. The molecule has 2 aromatic carbocycles. The van der Waals surface area contributed by atoms with Crippen LogP contribution in [-0.2, 0) is 6.54 Å². The zero-order valence-corrected chi connectivity index (χ0v) is 19.2. The van der Waals surface area contributed by atoms with Gasteiger partial charge in [0, 0.05) is 38.8 Å². The van der Waals surface area contributed by atoms with Crippen LogP contribution in [0, 0.1) is 11.8 Å². The molecule has 2 aromatic rings. The lowest BCUT2D eigenvalue weighted by molar-refractivity contribution is 0.138. The summed E-state index contributed by atoms with van der Waals surface area (Å²) in [5.41, 5.74) is 1.26. The summed E-state index contributed by atoms with van der Waals surface area (Å²) in [4.78, 5) is 4.84. The third kappa shape index (κ3) is 5.84. The first kappa shape index (κ1) is 24.1. The first-order valence-corrected chi connectivity index (χ1v) is 10.1. The van der Waals surface area contributed by atoms with E-state index in [9.17, 15) is 0 Å². The van der Waals surface area contributed by atoms with Crippen molar-refractivity contribution in [2.24, 2.45) is 0 Å². The summed E-state index contributed by atoms with van der Waals surface area (Å²) in [7, 11) is 0. The fourth-order valence-electron chi connectivity index (χ4n) is 3.71. The van der Waals surface area contributed by atoms with Crippen molar-refractivity contribution in [1.82, 2.24) is 9.80 Å². The van der Waals surface area contributed by atoms with Gasteiger partial charge in [-0.05, 0) is 29.8 Å². The molecule has 0 saturated carbocycles. The minimum atomic E-state index is 0. The molecule has 0 unspecified atom stereocenters. The lowest BCUT2D eigenvalue weighted by Gasteiger charge is -2.33. The molecule has 0 amide bonds. The van der Waals surface area contributed by atoms with Crippen molar-refractivity contribution in [3.05, 3.63) is 42.0 Å². The number of fused-ring (bicyclic) bond motifs is 2. The van der Waals surface area contributed by atoms with E-state index in [-0.39, 0.29) is 31.6 Å². The van der Waals surface area contributed by atoms with Crippen LogP contribution in [0.4, 0.5) is 0 Å². The van der Waals surface area contributed by atoms with Gasteiger partial charge >= 0.3 is 0 Å². The molecule has 3 aliphatic rings. The number of rotatable bonds is 5. The number of halogens is 2. The first-order valence-electron chi connectivity index (χ1n) is 10.1. The molecule has 0 atom stereocenters. The molecule has 0 bridgehead atoms. The summed E-state index contributed by atoms with van der Waals surface area (Å²) >= 11 is 0. The summed E-state index contributed by atoms with van der Waals surface area (Å²) in [6.45, 7) is 6.74. The van der Waals surface area contributed by atoms with Crippen molar-refractivity contribution < 1.29 is 23.7 Å². The number of benzene rings is 2. The second-order valence-corrected chi connectivity index (χ2v) is 7.40. The van der Waals surface area contributed by atoms with E-state index < -0.39 is 0 Å². The van der Waals surface area contributed by atoms with Crippen molar-refractivity contribution in [1.29, 1.82) is 0 Å². The third-order valence-electron chi connectivity index (χ3n) is 5.39. The zero-order chi connectivity index (χ0) is 20.2. The van der Waals surface area contributed by atoms with Gasteiger partial charge in [0.05, 0.1) is 6.54 Å². The Morgan fingerprint density at radius 1 is 0.719 bits per heavy atom.